The predicted molar refractivity (Wildman–Crippen MR) is 85.2 cm³/mol. The van der Waals surface area contributed by atoms with Crippen LogP contribution in [0.15, 0.2) is 59.1 Å². The Hall–Kier alpha value is -1.12. The van der Waals surface area contributed by atoms with E-state index in [0.717, 1.165) is 10.9 Å². The van der Waals surface area contributed by atoms with Crippen LogP contribution in [-0.2, 0) is 0 Å². The summed E-state index contributed by atoms with van der Waals surface area (Å²) in [7, 11) is 0. The van der Waals surface area contributed by atoms with Gasteiger partial charge in [-0.15, -0.1) is 0 Å². The molecule has 2 rings (SSSR count). The lowest BCUT2D eigenvalue weighted by Gasteiger charge is -2.23. The van der Waals surface area contributed by atoms with E-state index in [1.807, 2.05) is 0 Å². The van der Waals surface area contributed by atoms with Crippen LogP contribution in [0.2, 0.25) is 0 Å². The first-order valence-corrected chi connectivity index (χ1v) is 7.56. The van der Waals surface area contributed by atoms with Gasteiger partial charge in [0.25, 0.3) is 0 Å². The summed E-state index contributed by atoms with van der Waals surface area (Å²) < 4.78 is 1.13. The minimum absolute atomic E-state index is 0.336. The van der Waals surface area contributed by atoms with Gasteiger partial charge in [0.1, 0.15) is 0 Å². The Morgan fingerprint density at radius 3 is 2.32 bits per heavy atom. The van der Waals surface area contributed by atoms with Crippen LogP contribution in [0.3, 0.4) is 0 Å². The van der Waals surface area contributed by atoms with Crippen LogP contribution in [0.4, 0.5) is 0 Å². The Bertz CT molecular complexity index is 510. The summed E-state index contributed by atoms with van der Waals surface area (Å²) in [5.74, 6) is 0. The maximum Gasteiger partial charge on any atom is 0.0323 e. The highest BCUT2D eigenvalue weighted by Crippen LogP contribution is 2.23. The Labute approximate surface area is 124 Å². The molecule has 0 radical (unpaired) electrons. The minimum atomic E-state index is 0.336. The van der Waals surface area contributed by atoms with Gasteiger partial charge in [-0.25, -0.2) is 0 Å². The second kappa shape index (κ2) is 6.88. The summed E-state index contributed by atoms with van der Waals surface area (Å²) in [4.78, 5) is 0. The lowest BCUT2D eigenvalue weighted by molar-refractivity contribution is 0.456. The molecule has 0 amide bonds. The average Bonchev–Trinajstić information content (AvgIpc) is 2.45. The fraction of sp³-hybridized carbons (Fsp3) is 0.294. The third-order valence-electron chi connectivity index (χ3n) is 3.41. The number of benzene rings is 2. The number of rotatable bonds is 5. The van der Waals surface area contributed by atoms with E-state index in [0.29, 0.717) is 12.1 Å². The number of nitrogens with one attached hydrogen (secondary N) is 1. The smallest absolute Gasteiger partial charge is 0.0323 e. The van der Waals surface area contributed by atoms with Gasteiger partial charge in [0.2, 0.25) is 0 Å². The summed E-state index contributed by atoms with van der Waals surface area (Å²) in [5.41, 5.74) is 2.66. The maximum absolute atomic E-state index is 3.71. The fourth-order valence-electron chi connectivity index (χ4n) is 2.31. The van der Waals surface area contributed by atoms with Crippen molar-refractivity contribution < 1.29 is 0 Å². The van der Waals surface area contributed by atoms with Crippen molar-refractivity contribution in [1.29, 1.82) is 0 Å². The van der Waals surface area contributed by atoms with Crippen molar-refractivity contribution in [2.45, 2.75) is 32.4 Å². The van der Waals surface area contributed by atoms with Crippen LogP contribution in [-0.4, -0.2) is 0 Å². The van der Waals surface area contributed by atoms with Crippen molar-refractivity contribution in [2.24, 2.45) is 0 Å². The summed E-state index contributed by atoms with van der Waals surface area (Å²) in [6.45, 7) is 4.44. The van der Waals surface area contributed by atoms with Gasteiger partial charge >= 0.3 is 0 Å². The van der Waals surface area contributed by atoms with E-state index in [9.17, 15) is 0 Å². The third-order valence-corrected chi connectivity index (χ3v) is 3.90. The van der Waals surface area contributed by atoms with Crippen LogP contribution in [0.5, 0.6) is 0 Å². The van der Waals surface area contributed by atoms with Crippen LogP contribution >= 0.6 is 15.9 Å². The zero-order chi connectivity index (χ0) is 13.7. The minimum Gasteiger partial charge on any atom is -0.303 e. The summed E-state index contributed by atoms with van der Waals surface area (Å²) >= 11 is 3.53. The van der Waals surface area contributed by atoms with E-state index in [1.54, 1.807) is 0 Å². The standard InChI is InChI=1S/C17H20BrN/c1-3-17(14-8-5-4-6-9-14)19-13(2)15-10-7-11-16(18)12-15/h4-13,17,19H,3H2,1-2H3. The normalized spacial score (nSPS) is 14.1. The second-order valence-electron chi connectivity index (χ2n) is 4.81. The second-order valence-corrected chi connectivity index (χ2v) is 5.73. The van der Waals surface area contributed by atoms with Gasteiger partial charge in [-0.1, -0.05) is 65.3 Å². The van der Waals surface area contributed by atoms with Gasteiger partial charge in [-0.05, 0) is 36.6 Å². The van der Waals surface area contributed by atoms with E-state index in [4.69, 9.17) is 0 Å². The molecule has 0 saturated heterocycles. The SMILES string of the molecule is CCC(NC(C)c1cccc(Br)c1)c1ccccc1. The van der Waals surface area contributed by atoms with Gasteiger partial charge in [-0.2, -0.15) is 0 Å². The van der Waals surface area contributed by atoms with E-state index in [1.165, 1.54) is 11.1 Å². The molecule has 100 valence electrons. The molecule has 19 heavy (non-hydrogen) atoms. The zero-order valence-electron chi connectivity index (χ0n) is 11.4. The van der Waals surface area contributed by atoms with Gasteiger partial charge < -0.3 is 5.32 Å². The maximum atomic E-state index is 3.71. The summed E-state index contributed by atoms with van der Waals surface area (Å²) in [6, 6.07) is 19.9. The van der Waals surface area contributed by atoms with Gasteiger partial charge in [0.05, 0.1) is 0 Å². The highest BCUT2D eigenvalue weighted by atomic mass is 79.9. The molecule has 2 heteroatoms. The summed E-state index contributed by atoms with van der Waals surface area (Å²) in [5, 5.41) is 3.71. The van der Waals surface area contributed by atoms with Crippen molar-refractivity contribution in [3.63, 3.8) is 0 Å². The Kier molecular flexibility index (Phi) is 5.17. The van der Waals surface area contributed by atoms with Gasteiger partial charge in [0.15, 0.2) is 0 Å². The van der Waals surface area contributed by atoms with E-state index in [-0.39, 0.29) is 0 Å². The molecule has 0 aliphatic carbocycles. The topological polar surface area (TPSA) is 12.0 Å². The van der Waals surface area contributed by atoms with Crippen molar-refractivity contribution in [1.82, 2.24) is 5.32 Å². The Morgan fingerprint density at radius 2 is 1.68 bits per heavy atom. The van der Waals surface area contributed by atoms with Crippen molar-refractivity contribution in [2.75, 3.05) is 0 Å². The highest BCUT2D eigenvalue weighted by molar-refractivity contribution is 9.10. The van der Waals surface area contributed by atoms with Crippen molar-refractivity contribution in [3.05, 3.63) is 70.2 Å². The molecule has 0 aliphatic rings. The van der Waals surface area contributed by atoms with E-state index >= 15 is 0 Å². The molecule has 0 heterocycles. The zero-order valence-corrected chi connectivity index (χ0v) is 13.0. The molecule has 2 atom stereocenters. The predicted octanol–water partition coefficient (Wildman–Crippen LogP) is 5.25. The third kappa shape index (κ3) is 3.92. The first kappa shape index (κ1) is 14.3. The molecule has 0 bridgehead atoms. The first-order valence-electron chi connectivity index (χ1n) is 6.77. The van der Waals surface area contributed by atoms with Crippen LogP contribution in [0, 0.1) is 0 Å². The molecule has 2 aromatic carbocycles. The first-order chi connectivity index (χ1) is 9.20. The molecule has 1 nitrogen and oxygen atoms in total. The molecule has 2 unspecified atom stereocenters. The fourth-order valence-corrected chi connectivity index (χ4v) is 2.73. The largest absolute Gasteiger partial charge is 0.303 e. The quantitative estimate of drug-likeness (QED) is 0.794. The lowest BCUT2D eigenvalue weighted by atomic mass is 10.0. The average molecular weight is 318 g/mol. The molecular weight excluding hydrogens is 298 g/mol. The number of halogens is 1. The van der Waals surface area contributed by atoms with Crippen LogP contribution in [0.1, 0.15) is 43.5 Å². The monoisotopic (exact) mass is 317 g/mol. The van der Waals surface area contributed by atoms with Gasteiger partial charge in [-0.3, -0.25) is 0 Å². The molecule has 1 N–H and O–H groups in total. The van der Waals surface area contributed by atoms with Crippen molar-refractivity contribution >= 4 is 15.9 Å². The van der Waals surface area contributed by atoms with Crippen LogP contribution in [0.25, 0.3) is 0 Å². The molecule has 2 aromatic rings. The molecule has 0 aliphatic heterocycles. The van der Waals surface area contributed by atoms with E-state index in [2.05, 4.69) is 89.7 Å². The Morgan fingerprint density at radius 1 is 1.00 bits per heavy atom. The number of hydrogen-bond acceptors (Lipinski definition) is 1. The number of hydrogen-bond donors (Lipinski definition) is 1. The van der Waals surface area contributed by atoms with Crippen molar-refractivity contribution in [3.8, 4) is 0 Å². The van der Waals surface area contributed by atoms with Crippen LogP contribution < -0.4 is 5.32 Å². The molecular formula is C17H20BrN. The van der Waals surface area contributed by atoms with Gasteiger partial charge in [0, 0.05) is 16.6 Å². The van der Waals surface area contributed by atoms with E-state index < -0.39 is 0 Å². The Balaban J connectivity index is 2.10. The molecule has 0 fully saturated rings. The lowest BCUT2D eigenvalue weighted by Crippen LogP contribution is -2.24. The molecule has 0 aromatic heterocycles. The summed E-state index contributed by atoms with van der Waals surface area (Å²) in [6.07, 6.45) is 1.09. The molecule has 0 saturated carbocycles. The molecule has 0 spiro atoms. The highest BCUT2D eigenvalue weighted by Gasteiger charge is 2.13.